The molecule has 0 aliphatic carbocycles. The van der Waals surface area contributed by atoms with Crippen molar-refractivity contribution in [2.24, 2.45) is 5.92 Å². The number of ether oxygens (including phenoxy) is 1. The number of ketones is 1. The van der Waals surface area contributed by atoms with Gasteiger partial charge in [0.05, 0.1) is 12.5 Å². The number of amides is 2. The Kier molecular flexibility index (Phi) is 5.65. The minimum Gasteiger partial charge on any atom is -0.494 e. The summed E-state index contributed by atoms with van der Waals surface area (Å²) in [4.78, 5) is 46.2. The second kappa shape index (κ2) is 9.03. The number of hydrogen-bond donors (Lipinski definition) is 2. The molecule has 0 unspecified atom stereocenters. The molecule has 0 bridgehead atoms. The summed E-state index contributed by atoms with van der Waals surface area (Å²) < 4.78 is 5.87. The molecule has 2 amide bonds. The highest BCUT2D eigenvalue weighted by molar-refractivity contribution is 6.21. The Morgan fingerprint density at radius 3 is 2.60 bits per heavy atom. The van der Waals surface area contributed by atoms with E-state index in [1.165, 1.54) is 0 Å². The van der Waals surface area contributed by atoms with E-state index in [0.29, 0.717) is 30.2 Å². The summed E-state index contributed by atoms with van der Waals surface area (Å²) >= 11 is 0. The number of nitrogens with one attached hydrogen (secondary N) is 2. The lowest BCUT2D eigenvalue weighted by molar-refractivity contribution is -0.137. The zero-order valence-corrected chi connectivity index (χ0v) is 22.8. The number of hydrogen-bond acceptors (Lipinski definition) is 5. The lowest BCUT2D eigenvalue weighted by atomic mass is 9.57. The normalized spacial score (nSPS) is 27.9. The van der Waals surface area contributed by atoms with E-state index in [-0.39, 0.29) is 23.6 Å². The molecule has 2 saturated heterocycles. The fraction of sp³-hybridized carbons (Fsp3) is 0.364. The molecule has 2 N–H and O–H groups in total. The standard InChI is InChI=1S/C33H33N3O4/c1-3-18-40-22-12-7-11-21(19-22)29(37)27-26-16-9-17-36(26)33(24-14-8-10-20(4-2)28(24)35-31(33)39)32(27)23-13-5-6-15-25(23)34-30(32)38/h5-8,10-15,19,26-27H,3-4,9,16-18H2,1-2H3,(H,34,38)(H,35,39)/t26-,27-,32+,33+/m0/s1. The van der Waals surface area contributed by atoms with Gasteiger partial charge in [-0.15, -0.1) is 0 Å². The van der Waals surface area contributed by atoms with Crippen LogP contribution in [-0.2, 0) is 27.0 Å². The number of fused-ring (bicyclic) bond motifs is 7. The predicted octanol–water partition coefficient (Wildman–Crippen LogP) is 5.05. The third kappa shape index (κ3) is 2.96. The molecule has 204 valence electrons. The lowest BCUT2D eigenvalue weighted by Crippen LogP contribution is -2.62. The molecule has 2 fully saturated rings. The van der Waals surface area contributed by atoms with Crippen LogP contribution in [-0.4, -0.2) is 41.7 Å². The van der Waals surface area contributed by atoms with Gasteiger partial charge in [-0.3, -0.25) is 19.3 Å². The monoisotopic (exact) mass is 535 g/mol. The molecular formula is C33H33N3O4. The second-order valence-corrected chi connectivity index (χ2v) is 11.3. The van der Waals surface area contributed by atoms with Gasteiger partial charge in [-0.1, -0.05) is 62.4 Å². The largest absolute Gasteiger partial charge is 0.494 e. The second-order valence-electron chi connectivity index (χ2n) is 11.3. The van der Waals surface area contributed by atoms with Gasteiger partial charge in [0.2, 0.25) is 5.91 Å². The molecule has 0 saturated carbocycles. The first-order valence-electron chi connectivity index (χ1n) is 14.4. The molecular weight excluding hydrogens is 502 g/mol. The number of Topliss-reactive ketones (excluding diaryl/α,β-unsaturated/α-hetero) is 1. The van der Waals surface area contributed by atoms with Crippen LogP contribution >= 0.6 is 0 Å². The van der Waals surface area contributed by atoms with E-state index in [4.69, 9.17) is 4.74 Å². The van der Waals surface area contributed by atoms with Crippen LogP contribution in [0.2, 0.25) is 0 Å². The van der Waals surface area contributed by atoms with E-state index >= 15 is 0 Å². The molecule has 40 heavy (non-hydrogen) atoms. The van der Waals surface area contributed by atoms with Crippen molar-refractivity contribution in [1.29, 1.82) is 0 Å². The van der Waals surface area contributed by atoms with Crippen molar-refractivity contribution < 1.29 is 19.1 Å². The Labute approximate surface area is 233 Å². The molecule has 4 aliphatic heterocycles. The van der Waals surface area contributed by atoms with Crippen LogP contribution in [0.5, 0.6) is 5.75 Å². The zero-order chi connectivity index (χ0) is 27.6. The van der Waals surface area contributed by atoms with Crippen LogP contribution in [0.25, 0.3) is 0 Å². The number of para-hydroxylation sites is 2. The Morgan fingerprint density at radius 2 is 1.77 bits per heavy atom. The summed E-state index contributed by atoms with van der Waals surface area (Å²) in [5, 5.41) is 6.31. The maximum absolute atomic E-state index is 14.8. The fourth-order valence-corrected chi connectivity index (χ4v) is 8.10. The first-order valence-corrected chi connectivity index (χ1v) is 14.4. The van der Waals surface area contributed by atoms with Crippen molar-refractivity contribution in [3.05, 3.63) is 89.0 Å². The van der Waals surface area contributed by atoms with Crippen molar-refractivity contribution in [3.8, 4) is 5.75 Å². The quantitative estimate of drug-likeness (QED) is 0.431. The van der Waals surface area contributed by atoms with Crippen LogP contribution < -0.4 is 15.4 Å². The topological polar surface area (TPSA) is 87.7 Å². The number of carbonyl (C=O) groups excluding carboxylic acids is 3. The van der Waals surface area contributed by atoms with E-state index < -0.39 is 16.9 Å². The van der Waals surface area contributed by atoms with E-state index in [9.17, 15) is 14.4 Å². The molecule has 3 aromatic rings. The van der Waals surface area contributed by atoms with Crippen LogP contribution in [0.15, 0.2) is 66.7 Å². The Morgan fingerprint density at radius 1 is 0.975 bits per heavy atom. The third-order valence-electron chi connectivity index (χ3n) is 9.47. The van der Waals surface area contributed by atoms with Crippen molar-refractivity contribution in [3.63, 3.8) is 0 Å². The Hall–Kier alpha value is -3.97. The molecule has 4 atom stereocenters. The van der Waals surface area contributed by atoms with E-state index in [1.54, 1.807) is 12.1 Å². The predicted molar refractivity (Wildman–Crippen MR) is 153 cm³/mol. The zero-order valence-electron chi connectivity index (χ0n) is 22.8. The fourth-order valence-electron chi connectivity index (χ4n) is 8.10. The van der Waals surface area contributed by atoms with Crippen LogP contribution in [0.4, 0.5) is 11.4 Å². The van der Waals surface area contributed by atoms with Crippen molar-refractivity contribution in [2.45, 2.75) is 56.5 Å². The van der Waals surface area contributed by atoms with Crippen molar-refractivity contribution in [2.75, 3.05) is 23.8 Å². The number of nitrogens with zero attached hydrogens (tertiary/aromatic N) is 1. The van der Waals surface area contributed by atoms with Crippen molar-refractivity contribution >= 4 is 29.0 Å². The smallest absolute Gasteiger partial charge is 0.251 e. The average molecular weight is 536 g/mol. The van der Waals surface area contributed by atoms with Gasteiger partial charge in [-0.2, -0.15) is 0 Å². The maximum atomic E-state index is 14.8. The first-order chi connectivity index (χ1) is 19.5. The van der Waals surface area contributed by atoms with Gasteiger partial charge < -0.3 is 15.4 Å². The van der Waals surface area contributed by atoms with Gasteiger partial charge in [0.25, 0.3) is 5.91 Å². The molecule has 7 nitrogen and oxygen atoms in total. The highest BCUT2D eigenvalue weighted by Gasteiger charge is 2.81. The summed E-state index contributed by atoms with van der Waals surface area (Å²) in [5.74, 6) is -0.773. The Bertz CT molecular complexity index is 1570. The molecule has 7 rings (SSSR count). The summed E-state index contributed by atoms with van der Waals surface area (Å²) in [7, 11) is 0. The molecule has 2 spiro atoms. The van der Waals surface area contributed by atoms with Gasteiger partial charge in [0.1, 0.15) is 16.7 Å². The number of rotatable bonds is 6. The first kappa shape index (κ1) is 25.0. The SMILES string of the molecule is CCCOc1cccc(C(=O)[C@@H]2[C@@H]3CCCN3[C@]3(C(=O)Nc4c(CC)cccc43)[C@@]23C(=O)Nc2ccccc23)c1. The van der Waals surface area contributed by atoms with Gasteiger partial charge in [-0.05, 0) is 61.6 Å². The summed E-state index contributed by atoms with van der Waals surface area (Å²) in [6, 6.07) is 20.5. The van der Waals surface area contributed by atoms with Gasteiger partial charge in [0, 0.05) is 28.5 Å². The van der Waals surface area contributed by atoms with Gasteiger partial charge in [0.15, 0.2) is 5.78 Å². The summed E-state index contributed by atoms with van der Waals surface area (Å²) in [6.45, 7) is 5.29. The molecule has 4 heterocycles. The lowest BCUT2D eigenvalue weighted by Gasteiger charge is -2.43. The van der Waals surface area contributed by atoms with Crippen molar-refractivity contribution in [1.82, 2.24) is 4.90 Å². The summed E-state index contributed by atoms with van der Waals surface area (Å²) in [6.07, 6.45) is 3.18. The van der Waals surface area contributed by atoms with Crippen LogP contribution in [0, 0.1) is 5.92 Å². The van der Waals surface area contributed by atoms with Crippen LogP contribution in [0.3, 0.4) is 0 Å². The molecule has 0 radical (unpaired) electrons. The average Bonchev–Trinajstić information content (AvgIpc) is 3.70. The molecule has 3 aromatic carbocycles. The number of anilines is 2. The molecule has 7 heteroatoms. The summed E-state index contributed by atoms with van der Waals surface area (Å²) in [5.41, 5.74) is 1.70. The minimum atomic E-state index is -1.44. The maximum Gasteiger partial charge on any atom is 0.251 e. The molecule has 0 aromatic heterocycles. The van der Waals surface area contributed by atoms with E-state index in [2.05, 4.69) is 22.5 Å². The Balaban J connectivity index is 1.52. The number of benzene rings is 3. The highest BCUT2D eigenvalue weighted by Crippen LogP contribution is 2.68. The third-order valence-corrected chi connectivity index (χ3v) is 9.47. The van der Waals surface area contributed by atoms with E-state index in [1.807, 2.05) is 61.5 Å². The number of aryl methyl sites for hydroxylation is 1. The number of carbonyl (C=O) groups is 3. The van der Waals surface area contributed by atoms with Gasteiger partial charge in [-0.25, -0.2) is 0 Å². The van der Waals surface area contributed by atoms with Crippen LogP contribution in [0.1, 0.15) is 60.2 Å². The minimum absolute atomic E-state index is 0.129. The van der Waals surface area contributed by atoms with E-state index in [0.717, 1.165) is 48.1 Å². The molecule has 4 aliphatic rings. The highest BCUT2D eigenvalue weighted by atomic mass is 16.5. The van der Waals surface area contributed by atoms with Gasteiger partial charge >= 0.3 is 0 Å².